The summed E-state index contributed by atoms with van der Waals surface area (Å²) in [6, 6.07) is 15.1. The van der Waals surface area contributed by atoms with Gasteiger partial charge in [0.15, 0.2) is 0 Å². The van der Waals surface area contributed by atoms with Crippen LogP contribution in [0.15, 0.2) is 65.3 Å². The van der Waals surface area contributed by atoms with Crippen molar-refractivity contribution in [2.45, 2.75) is 13.8 Å². The van der Waals surface area contributed by atoms with Crippen LogP contribution in [0.4, 0.5) is 21.6 Å². The lowest BCUT2D eigenvalue weighted by atomic mass is 10.2. The van der Waals surface area contributed by atoms with Gasteiger partial charge >= 0.3 is 0 Å². The number of nitrogen functional groups attached to an aromatic ring is 1. The molecule has 0 aliphatic heterocycles. The minimum atomic E-state index is -0.517. The van der Waals surface area contributed by atoms with E-state index in [1.807, 2.05) is 13.0 Å². The topological polar surface area (TPSA) is 121 Å². The zero-order chi connectivity index (χ0) is 24.4. The molecule has 0 spiro atoms. The fourth-order valence-corrected chi connectivity index (χ4v) is 3.51. The average molecular weight is 472 g/mol. The monoisotopic (exact) mass is 472 g/mol. The minimum absolute atomic E-state index is 0.222. The Labute approximate surface area is 199 Å². The Morgan fingerprint density at radius 2 is 1.89 bits per heavy atom. The van der Waals surface area contributed by atoms with E-state index in [-0.39, 0.29) is 5.69 Å². The number of nitrogens with two attached hydrogens (primary N) is 1. The van der Waals surface area contributed by atoms with E-state index in [4.69, 9.17) is 19.6 Å². The molecule has 2 heterocycles. The number of halogens is 1. The fourth-order valence-electron chi connectivity index (χ4n) is 3.51. The predicted octanol–water partition coefficient (Wildman–Crippen LogP) is 5.64. The molecule has 9 nitrogen and oxygen atoms in total. The summed E-state index contributed by atoms with van der Waals surface area (Å²) in [6.07, 6.45) is 1.39. The molecular weight excluding hydrogens is 451 g/mol. The van der Waals surface area contributed by atoms with Gasteiger partial charge < -0.3 is 24.9 Å². The second kappa shape index (κ2) is 9.26. The highest BCUT2D eigenvalue weighted by Gasteiger charge is 2.13. The van der Waals surface area contributed by atoms with Crippen molar-refractivity contribution in [1.82, 2.24) is 20.2 Å². The van der Waals surface area contributed by atoms with Crippen LogP contribution in [-0.4, -0.2) is 26.8 Å². The van der Waals surface area contributed by atoms with Gasteiger partial charge in [0.1, 0.15) is 35.2 Å². The molecule has 176 valence electrons. The summed E-state index contributed by atoms with van der Waals surface area (Å²) >= 11 is 0. The number of ether oxygens (including phenoxy) is 2. The Bertz CT molecular complexity index is 1520. The number of nitrogens with one attached hydrogen (secondary N) is 1. The zero-order valence-electron chi connectivity index (χ0n) is 18.9. The molecule has 0 saturated heterocycles. The number of aryl methyl sites for hydroxylation is 1. The average Bonchev–Trinajstić information content (AvgIpc) is 3.28. The second-order valence-electron chi connectivity index (χ2n) is 7.59. The number of aromatic nitrogens is 4. The molecule has 5 aromatic rings. The van der Waals surface area contributed by atoms with Gasteiger partial charge in [0.2, 0.25) is 11.8 Å². The molecule has 0 aliphatic rings. The number of nitrogens with zero attached hydrogens (tertiary/aromatic N) is 4. The Morgan fingerprint density at radius 3 is 2.66 bits per heavy atom. The molecule has 2 aromatic heterocycles. The van der Waals surface area contributed by atoms with Crippen LogP contribution in [-0.2, 0) is 0 Å². The molecule has 3 aromatic carbocycles. The van der Waals surface area contributed by atoms with Gasteiger partial charge in [-0.15, -0.1) is 10.2 Å². The van der Waals surface area contributed by atoms with Crippen molar-refractivity contribution in [1.29, 1.82) is 0 Å². The largest absolute Gasteiger partial charge is 0.492 e. The lowest BCUT2D eigenvalue weighted by molar-refractivity contribution is 0.342. The smallest absolute Gasteiger partial charge is 0.247 e. The lowest BCUT2D eigenvalue weighted by Crippen LogP contribution is -2.01. The molecule has 0 aliphatic carbocycles. The van der Waals surface area contributed by atoms with E-state index in [0.717, 1.165) is 0 Å². The molecular formula is C25H21FN6O3. The van der Waals surface area contributed by atoms with E-state index in [1.165, 1.54) is 12.4 Å². The van der Waals surface area contributed by atoms with E-state index in [1.54, 1.807) is 49.4 Å². The first-order valence-corrected chi connectivity index (χ1v) is 10.8. The van der Waals surface area contributed by atoms with Crippen molar-refractivity contribution in [2.75, 3.05) is 17.7 Å². The molecule has 35 heavy (non-hydrogen) atoms. The van der Waals surface area contributed by atoms with Gasteiger partial charge in [-0.05, 0) is 43.3 Å². The van der Waals surface area contributed by atoms with Crippen molar-refractivity contribution in [3.8, 4) is 28.7 Å². The van der Waals surface area contributed by atoms with E-state index < -0.39 is 5.82 Å². The third-order valence-electron chi connectivity index (χ3n) is 5.10. The molecule has 0 radical (unpaired) electrons. The number of anilines is 3. The summed E-state index contributed by atoms with van der Waals surface area (Å²) in [6.45, 7) is 4.07. The summed E-state index contributed by atoms with van der Waals surface area (Å²) in [7, 11) is 0. The number of hydrogen-bond donors (Lipinski definition) is 2. The van der Waals surface area contributed by atoms with Crippen LogP contribution in [0.1, 0.15) is 12.8 Å². The predicted molar refractivity (Wildman–Crippen MR) is 129 cm³/mol. The fraction of sp³-hybridized carbons (Fsp3) is 0.120. The van der Waals surface area contributed by atoms with Gasteiger partial charge in [0, 0.05) is 30.0 Å². The van der Waals surface area contributed by atoms with Gasteiger partial charge in [0.05, 0.1) is 23.5 Å². The third-order valence-corrected chi connectivity index (χ3v) is 5.10. The highest BCUT2D eigenvalue weighted by atomic mass is 19.1. The third kappa shape index (κ3) is 4.67. The first-order valence-electron chi connectivity index (χ1n) is 10.8. The number of benzene rings is 3. The summed E-state index contributed by atoms with van der Waals surface area (Å²) in [5.41, 5.74) is 8.08. The van der Waals surface area contributed by atoms with E-state index in [9.17, 15) is 4.39 Å². The Balaban J connectivity index is 1.38. The summed E-state index contributed by atoms with van der Waals surface area (Å²) in [5.74, 6) is 2.10. The zero-order valence-corrected chi connectivity index (χ0v) is 18.9. The molecule has 0 fully saturated rings. The van der Waals surface area contributed by atoms with Gasteiger partial charge in [-0.25, -0.2) is 14.4 Å². The summed E-state index contributed by atoms with van der Waals surface area (Å²) in [4.78, 5) is 8.52. The molecule has 3 N–H and O–H groups in total. The normalized spacial score (nSPS) is 10.9. The number of hydrogen-bond acceptors (Lipinski definition) is 9. The number of rotatable bonds is 7. The highest BCUT2D eigenvalue weighted by molar-refractivity contribution is 5.94. The van der Waals surface area contributed by atoms with Gasteiger partial charge in [-0.1, -0.05) is 6.07 Å². The molecule has 0 atom stereocenters. The SMILES string of the molecule is CCOc1cc2ncnc(Nc3ccc(Oc4cccc(-c5nnc(C)o5)c4)cc3F)c2cc1N. The molecule has 0 amide bonds. The van der Waals surface area contributed by atoms with Crippen LogP contribution in [0, 0.1) is 12.7 Å². The summed E-state index contributed by atoms with van der Waals surface area (Å²) in [5, 5.41) is 11.5. The van der Waals surface area contributed by atoms with Crippen LogP contribution >= 0.6 is 0 Å². The van der Waals surface area contributed by atoms with Gasteiger partial charge in [0.25, 0.3) is 0 Å². The Hall–Kier alpha value is -4.73. The molecule has 0 bridgehead atoms. The van der Waals surface area contributed by atoms with E-state index in [2.05, 4.69) is 25.5 Å². The minimum Gasteiger partial charge on any atom is -0.492 e. The second-order valence-corrected chi connectivity index (χ2v) is 7.59. The molecule has 10 heteroatoms. The van der Waals surface area contributed by atoms with E-state index in [0.29, 0.717) is 63.6 Å². The maximum absolute atomic E-state index is 15.0. The van der Waals surface area contributed by atoms with Crippen LogP contribution in [0.2, 0.25) is 0 Å². The summed E-state index contributed by atoms with van der Waals surface area (Å²) < 4.78 is 31.8. The van der Waals surface area contributed by atoms with Crippen LogP contribution in [0.3, 0.4) is 0 Å². The maximum atomic E-state index is 15.0. The first kappa shape index (κ1) is 22.1. The number of fused-ring (bicyclic) bond motifs is 1. The van der Waals surface area contributed by atoms with Crippen molar-refractivity contribution in [2.24, 2.45) is 0 Å². The highest BCUT2D eigenvalue weighted by Crippen LogP contribution is 2.33. The first-order chi connectivity index (χ1) is 17.0. The van der Waals surface area contributed by atoms with Crippen LogP contribution in [0.25, 0.3) is 22.4 Å². The molecule has 0 saturated carbocycles. The lowest BCUT2D eigenvalue weighted by Gasteiger charge is -2.13. The quantitative estimate of drug-likeness (QED) is 0.290. The molecule has 5 rings (SSSR count). The van der Waals surface area contributed by atoms with Gasteiger partial charge in [-0.2, -0.15) is 0 Å². The molecule has 0 unspecified atom stereocenters. The Morgan fingerprint density at radius 1 is 1.03 bits per heavy atom. The van der Waals surface area contributed by atoms with Gasteiger partial charge in [-0.3, -0.25) is 0 Å². The van der Waals surface area contributed by atoms with Crippen molar-refractivity contribution >= 4 is 28.1 Å². The van der Waals surface area contributed by atoms with E-state index >= 15 is 0 Å². The van der Waals surface area contributed by atoms with Crippen molar-refractivity contribution in [3.63, 3.8) is 0 Å². The standard InChI is InChI=1S/C25H21FN6O3/c1-3-33-23-12-22-18(11-20(23)27)24(29-13-28-22)30-21-8-7-17(10-19(21)26)35-16-6-4-5-15(9-16)25-32-31-14(2)34-25/h4-13H,3,27H2,1-2H3,(H,28,29,30). The van der Waals surface area contributed by atoms with Crippen LogP contribution < -0.4 is 20.5 Å². The van der Waals surface area contributed by atoms with Crippen LogP contribution in [0.5, 0.6) is 17.2 Å². The van der Waals surface area contributed by atoms with Crippen molar-refractivity contribution in [3.05, 3.63) is 72.6 Å². The maximum Gasteiger partial charge on any atom is 0.247 e. The Kier molecular flexibility index (Phi) is 5.84. The van der Waals surface area contributed by atoms with Crippen molar-refractivity contribution < 1.29 is 18.3 Å².